The Bertz CT molecular complexity index is 391. The molecule has 5 nitrogen and oxygen atoms in total. The molecule has 1 atom stereocenters. The van der Waals surface area contributed by atoms with Crippen molar-refractivity contribution in [3.63, 3.8) is 0 Å². The molecule has 88 valence electrons. The second-order valence-electron chi connectivity index (χ2n) is 4.08. The van der Waals surface area contributed by atoms with Crippen LogP contribution >= 0.6 is 11.3 Å². The fourth-order valence-electron chi connectivity index (χ4n) is 1.59. The molecule has 1 fully saturated rings. The van der Waals surface area contributed by atoms with Gasteiger partial charge < -0.3 is 10.5 Å². The van der Waals surface area contributed by atoms with Crippen LogP contribution in [0.15, 0.2) is 6.20 Å². The van der Waals surface area contributed by atoms with Gasteiger partial charge in [0.15, 0.2) is 0 Å². The van der Waals surface area contributed by atoms with Gasteiger partial charge in [-0.25, -0.2) is 9.78 Å². The zero-order valence-corrected chi connectivity index (χ0v) is 10.2. The zero-order valence-electron chi connectivity index (χ0n) is 9.34. The molecule has 0 spiro atoms. The summed E-state index contributed by atoms with van der Waals surface area (Å²) in [5, 5.41) is 0.903. The fourth-order valence-corrected chi connectivity index (χ4v) is 2.61. The Morgan fingerprint density at radius 2 is 2.50 bits per heavy atom. The van der Waals surface area contributed by atoms with Gasteiger partial charge in [-0.2, -0.15) is 0 Å². The van der Waals surface area contributed by atoms with Crippen molar-refractivity contribution in [1.82, 2.24) is 9.88 Å². The normalized spacial score (nSPS) is 20.7. The van der Waals surface area contributed by atoms with E-state index in [9.17, 15) is 4.79 Å². The van der Waals surface area contributed by atoms with Gasteiger partial charge >= 0.3 is 6.03 Å². The molecule has 1 aliphatic heterocycles. The molecule has 0 radical (unpaired) electrons. The molecule has 0 bridgehead atoms. The van der Waals surface area contributed by atoms with E-state index in [2.05, 4.69) is 18.8 Å². The Balaban J connectivity index is 2.19. The third-order valence-corrected chi connectivity index (χ3v) is 3.96. The smallest absolute Gasteiger partial charge is 0.317 e. The first-order valence-corrected chi connectivity index (χ1v) is 6.00. The molecule has 2 amide bonds. The van der Waals surface area contributed by atoms with Crippen LogP contribution in [0.4, 0.5) is 4.79 Å². The van der Waals surface area contributed by atoms with E-state index in [4.69, 9.17) is 10.5 Å². The van der Waals surface area contributed by atoms with E-state index < -0.39 is 6.03 Å². The number of carbonyl (C=O) groups excluding carboxylic acids is 1. The van der Waals surface area contributed by atoms with Crippen molar-refractivity contribution in [2.75, 3.05) is 13.3 Å². The van der Waals surface area contributed by atoms with Crippen LogP contribution in [0.5, 0.6) is 0 Å². The number of nitrogens with two attached hydrogens (primary N) is 1. The molecule has 2 N–H and O–H groups in total. The van der Waals surface area contributed by atoms with Crippen molar-refractivity contribution < 1.29 is 9.53 Å². The molecule has 0 saturated carbocycles. The van der Waals surface area contributed by atoms with Crippen LogP contribution in [0.1, 0.15) is 35.7 Å². The van der Waals surface area contributed by atoms with E-state index in [0.29, 0.717) is 12.5 Å². The van der Waals surface area contributed by atoms with Gasteiger partial charge in [-0.3, -0.25) is 4.90 Å². The van der Waals surface area contributed by atoms with Crippen LogP contribution in [0.25, 0.3) is 0 Å². The second kappa shape index (κ2) is 4.39. The highest BCUT2D eigenvalue weighted by molar-refractivity contribution is 7.11. The Hall–Kier alpha value is -1.14. The quantitative estimate of drug-likeness (QED) is 0.856. The Morgan fingerprint density at radius 1 is 1.75 bits per heavy atom. The van der Waals surface area contributed by atoms with Crippen LogP contribution < -0.4 is 5.73 Å². The summed E-state index contributed by atoms with van der Waals surface area (Å²) in [5.74, 6) is 0.454. The highest BCUT2D eigenvalue weighted by Gasteiger charge is 2.31. The minimum absolute atomic E-state index is 0.116. The topological polar surface area (TPSA) is 68.4 Å². The molecule has 1 aromatic rings. The molecule has 0 aromatic carbocycles. The summed E-state index contributed by atoms with van der Waals surface area (Å²) in [7, 11) is 0. The molecule has 1 unspecified atom stereocenters. The number of carbonyl (C=O) groups is 1. The maximum Gasteiger partial charge on any atom is 0.317 e. The van der Waals surface area contributed by atoms with E-state index in [1.54, 1.807) is 11.3 Å². The minimum Gasteiger partial charge on any atom is -0.358 e. The Morgan fingerprint density at radius 3 is 3.06 bits per heavy atom. The summed E-state index contributed by atoms with van der Waals surface area (Å²) in [6, 6.07) is -0.571. The van der Waals surface area contributed by atoms with Gasteiger partial charge in [0.2, 0.25) is 0 Å². The van der Waals surface area contributed by atoms with Crippen LogP contribution in [0.3, 0.4) is 0 Å². The summed E-state index contributed by atoms with van der Waals surface area (Å²) in [6.07, 6.45) is 1.86. The molecular weight excluding hydrogens is 226 g/mol. The third-order valence-electron chi connectivity index (χ3n) is 2.56. The van der Waals surface area contributed by atoms with Crippen molar-refractivity contribution >= 4 is 17.4 Å². The predicted molar refractivity (Wildman–Crippen MR) is 61.2 cm³/mol. The molecule has 1 aliphatic rings. The Kier molecular flexibility index (Phi) is 3.11. The number of nitrogens with zero attached hydrogens (tertiary/aromatic N) is 2. The lowest BCUT2D eigenvalue weighted by Gasteiger charge is -2.17. The lowest BCUT2D eigenvalue weighted by atomic mass is 10.2. The van der Waals surface area contributed by atoms with E-state index >= 15 is 0 Å². The van der Waals surface area contributed by atoms with Crippen LogP contribution in [0.2, 0.25) is 0 Å². The molecule has 2 rings (SSSR count). The number of urea groups is 1. The fraction of sp³-hybridized carbons (Fsp3) is 0.600. The van der Waals surface area contributed by atoms with Crippen molar-refractivity contribution in [2.24, 2.45) is 5.73 Å². The summed E-state index contributed by atoms with van der Waals surface area (Å²) < 4.78 is 5.25. The number of rotatable bonds is 2. The SMILES string of the molecule is CC(C)c1cnc(C2COCN2C(N)=O)s1. The van der Waals surface area contributed by atoms with Gasteiger partial charge in [0.05, 0.1) is 6.61 Å². The number of hydrogen-bond acceptors (Lipinski definition) is 4. The van der Waals surface area contributed by atoms with Gasteiger partial charge in [-0.15, -0.1) is 11.3 Å². The molecule has 6 heteroatoms. The van der Waals surface area contributed by atoms with Crippen molar-refractivity contribution in [2.45, 2.75) is 25.8 Å². The third kappa shape index (κ3) is 2.03. The zero-order chi connectivity index (χ0) is 11.7. The van der Waals surface area contributed by atoms with E-state index in [-0.39, 0.29) is 12.8 Å². The predicted octanol–water partition coefficient (Wildman–Crippen LogP) is 1.68. The molecule has 16 heavy (non-hydrogen) atoms. The van der Waals surface area contributed by atoms with E-state index in [1.165, 1.54) is 9.78 Å². The second-order valence-corrected chi connectivity index (χ2v) is 5.17. The van der Waals surface area contributed by atoms with Crippen molar-refractivity contribution in [1.29, 1.82) is 0 Å². The van der Waals surface area contributed by atoms with Crippen LogP contribution in [-0.2, 0) is 4.74 Å². The van der Waals surface area contributed by atoms with Gasteiger partial charge in [0.1, 0.15) is 17.8 Å². The lowest BCUT2D eigenvalue weighted by Crippen LogP contribution is -2.35. The molecule has 0 aliphatic carbocycles. The molecule has 1 aromatic heterocycles. The number of ether oxygens (including phenoxy) is 1. The Labute approximate surface area is 98.2 Å². The first-order valence-electron chi connectivity index (χ1n) is 5.19. The summed E-state index contributed by atoms with van der Waals surface area (Å²) in [4.78, 5) is 18.2. The van der Waals surface area contributed by atoms with Gasteiger partial charge in [-0.1, -0.05) is 13.8 Å². The minimum atomic E-state index is -0.455. The number of hydrogen-bond donors (Lipinski definition) is 1. The average molecular weight is 241 g/mol. The van der Waals surface area contributed by atoms with Gasteiger partial charge in [0.25, 0.3) is 0 Å². The number of thiazole rings is 1. The largest absolute Gasteiger partial charge is 0.358 e. The maximum absolute atomic E-state index is 11.2. The van der Waals surface area contributed by atoms with Gasteiger partial charge in [0, 0.05) is 11.1 Å². The standard InChI is InChI=1S/C10H15N3O2S/c1-6(2)8-3-12-9(16-8)7-4-15-5-13(7)10(11)14/h3,6-7H,4-5H2,1-2H3,(H2,11,14). The summed E-state index contributed by atoms with van der Waals surface area (Å²) >= 11 is 1.62. The summed E-state index contributed by atoms with van der Waals surface area (Å²) in [5.41, 5.74) is 5.28. The van der Waals surface area contributed by atoms with Gasteiger partial charge in [-0.05, 0) is 5.92 Å². The highest BCUT2D eigenvalue weighted by Crippen LogP contribution is 2.31. The summed E-state index contributed by atoms with van der Waals surface area (Å²) in [6.45, 7) is 4.98. The average Bonchev–Trinajstić information content (AvgIpc) is 2.86. The first-order chi connectivity index (χ1) is 7.59. The highest BCUT2D eigenvalue weighted by atomic mass is 32.1. The maximum atomic E-state index is 11.2. The van der Waals surface area contributed by atoms with Crippen molar-refractivity contribution in [3.05, 3.63) is 16.1 Å². The van der Waals surface area contributed by atoms with Crippen molar-refractivity contribution in [3.8, 4) is 0 Å². The van der Waals surface area contributed by atoms with Crippen LogP contribution in [0, 0.1) is 0 Å². The number of aromatic nitrogens is 1. The molecule has 1 saturated heterocycles. The van der Waals surface area contributed by atoms with E-state index in [0.717, 1.165) is 5.01 Å². The van der Waals surface area contributed by atoms with E-state index in [1.807, 2.05) is 6.20 Å². The molecule has 2 heterocycles. The number of primary amides is 1. The monoisotopic (exact) mass is 241 g/mol. The lowest BCUT2D eigenvalue weighted by molar-refractivity contribution is 0.147. The number of amides is 2. The first kappa shape index (κ1) is 11.3. The molecular formula is C10H15N3O2S. The van der Waals surface area contributed by atoms with Crippen LogP contribution in [-0.4, -0.2) is 29.3 Å².